The molecular formula is C27H30Cl2N4O4S2. The highest BCUT2D eigenvalue weighted by Crippen LogP contribution is 2.39. The lowest BCUT2D eigenvalue weighted by molar-refractivity contribution is 0.0986. The number of rotatable bonds is 10. The minimum absolute atomic E-state index is 0. The number of hydrogen-bond donors (Lipinski definition) is 0. The number of halogens is 2. The number of carbonyl (C=O) groups is 1. The number of methoxy groups -OCH3 is 1. The molecule has 4 aromatic rings. The van der Waals surface area contributed by atoms with E-state index < -0.39 is 10.0 Å². The largest absolute Gasteiger partial charge is 0.494 e. The van der Waals surface area contributed by atoms with Crippen molar-refractivity contribution in [1.82, 2.24) is 9.88 Å². The predicted molar refractivity (Wildman–Crippen MR) is 162 cm³/mol. The number of hydrogen-bond acceptors (Lipinski definition) is 7. The molecule has 4 rings (SSSR count). The van der Waals surface area contributed by atoms with Crippen LogP contribution in [0, 0.1) is 0 Å². The van der Waals surface area contributed by atoms with Gasteiger partial charge < -0.3 is 9.64 Å². The Kier molecular flexibility index (Phi) is 10.2. The van der Waals surface area contributed by atoms with Gasteiger partial charge in [-0.05, 0) is 75.6 Å². The maximum atomic E-state index is 13.7. The fraction of sp³-hybridized carbons (Fsp3) is 0.259. The predicted octanol–water partition coefficient (Wildman–Crippen LogP) is 5.80. The molecular weight excluding hydrogens is 579 g/mol. The van der Waals surface area contributed by atoms with Gasteiger partial charge in [0.15, 0.2) is 5.13 Å². The summed E-state index contributed by atoms with van der Waals surface area (Å²) in [5, 5.41) is 1.03. The number of amides is 1. The van der Waals surface area contributed by atoms with Gasteiger partial charge in [0.2, 0.25) is 0 Å². The zero-order chi connectivity index (χ0) is 27.4. The third kappa shape index (κ3) is 6.64. The zero-order valence-corrected chi connectivity index (χ0v) is 25.2. The second-order valence-electron chi connectivity index (χ2n) is 8.87. The van der Waals surface area contributed by atoms with Gasteiger partial charge in [-0.15, -0.1) is 12.4 Å². The molecule has 0 radical (unpaired) electrons. The van der Waals surface area contributed by atoms with Crippen molar-refractivity contribution in [3.63, 3.8) is 0 Å². The Hall–Kier alpha value is -2.89. The summed E-state index contributed by atoms with van der Waals surface area (Å²) in [5.74, 6) is 0.294. The second kappa shape index (κ2) is 13.0. The maximum Gasteiger partial charge on any atom is 0.264 e. The first-order valence-corrected chi connectivity index (χ1v) is 14.5. The number of fused-ring (bicyclic) bond motifs is 1. The van der Waals surface area contributed by atoms with Crippen molar-refractivity contribution >= 4 is 72.3 Å². The Bertz CT molecular complexity index is 1530. The van der Waals surface area contributed by atoms with Crippen molar-refractivity contribution < 1.29 is 17.9 Å². The van der Waals surface area contributed by atoms with Crippen LogP contribution in [0.2, 0.25) is 5.02 Å². The van der Waals surface area contributed by atoms with Gasteiger partial charge in [-0.3, -0.25) is 14.0 Å². The average Bonchev–Trinajstić information content (AvgIpc) is 3.37. The first-order valence-electron chi connectivity index (χ1n) is 11.9. The van der Waals surface area contributed by atoms with E-state index in [1.165, 1.54) is 47.0 Å². The van der Waals surface area contributed by atoms with E-state index >= 15 is 0 Å². The van der Waals surface area contributed by atoms with Gasteiger partial charge in [0.1, 0.15) is 11.3 Å². The summed E-state index contributed by atoms with van der Waals surface area (Å²) >= 11 is 7.74. The zero-order valence-electron chi connectivity index (χ0n) is 22.0. The fourth-order valence-corrected chi connectivity index (χ4v) is 6.39. The van der Waals surface area contributed by atoms with Crippen LogP contribution in [-0.2, 0) is 10.0 Å². The van der Waals surface area contributed by atoms with Crippen LogP contribution >= 0.6 is 35.3 Å². The summed E-state index contributed by atoms with van der Waals surface area (Å²) in [6.07, 6.45) is 0.716. The van der Waals surface area contributed by atoms with Crippen LogP contribution < -0.4 is 13.9 Å². The summed E-state index contributed by atoms with van der Waals surface area (Å²) in [7, 11) is 3.21. The highest BCUT2D eigenvalue weighted by Gasteiger charge is 2.25. The van der Waals surface area contributed by atoms with Crippen molar-refractivity contribution in [1.29, 1.82) is 0 Å². The molecule has 12 heteroatoms. The minimum atomic E-state index is -3.80. The molecule has 0 saturated carbocycles. The van der Waals surface area contributed by atoms with E-state index in [1.54, 1.807) is 48.4 Å². The quantitative estimate of drug-likeness (QED) is 0.226. The Balaban J connectivity index is 0.00000420. The molecule has 0 N–H and O–H groups in total. The van der Waals surface area contributed by atoms with Crippen LogP contribution in [0.4, 0.5) is 10.8 Å². The molecule has 8 nitrogen and oxygen atoms in total. The van der Waals surface area contributed by atoms with Crippen LogP contribution in [0.25, 0.3) is 10.2 Å². The van der Waals surface area contributed by atoms with Gasteiger partial charge in [-0.2, -0.15) is 0 Å². The highest BCUT2D eigenvalue weighted by molar-refractivity contribution is 7.92. The molecule has 0 aliphatic carbocycles. The summed E-state index contributed by atoms with van der Waals surface area (Å²) < 4.78 is 33.7. The van der Waals surface area contributed by atoms with Crippen LogP contribution in [0.3, 0.4) is 0 Å². The minimum Gasteiger partial charge on any atom is -0.494 e. The summed E-state index contributed by atoms with van der Waals surface area (Å²) in [4.78, 5) is 22.2. The topological polar surface area (TPSA) is 83.0 Å². The van der Waals surface area contributed by atoms with Gasteiger partial charge in [0.05, 0.1) is 27.4 Å². The summed E-state index contributed by atoms with van der Waals surface area (Å²) in [5.41, 5.74) is 1.49. The fourth-order valence-electron chi connectivity index (χ4n) is 3.91. The van der Waals surface area contributed by atoms with Gasteiger partial charge in [-0.25, -0.2) is 13.4 Å². The molecule has 1 aromatic heterocycles. The van der Waals surface area contributed by atoms with Crippen LogP contribution in [-0.4, -0.2) is 65.6 Å². The van der Waals surface area contributed by atoms with E-state index in [1.807, 2.05) is 25.1 Å². The van der Waals surface area contributed by atoms with Crippen LogP contribution in [0.15, 0.2) is 71.6 Å². The molecule has 0 aliphatic rings. The number of benzene rings is 3. The molecule has 0 bridgehead atoms. The summed E-state index contributed by atoms with van der Waals surface area (Å²) in [6, 6.07) is 18.3. The number of para-hydroxylation sites is 1. The number of aromatic nitrogens is 1. The van der Waals surface area contributed by atoms with Gasteiger partial charge in [0, 0.05) is 19.2 Å². The van der Waals surface area contributed by atoms with Crippen molar-refractivity contribution in [3.05, 3.63) is 77.3 Å². The molecule has 0 saturated heterocycles. The molecule has 0 unspecified atom stereocenters. The normalized spacial score (nSPS) is 11.3. The Morgan fingerprint density at radius 1 is 0.974 bits per heavy atom. The number of nitrogens with zero attached hydrogens (tertiary/aromatic N) is 4. The lowest BCUT2D eigenvalue weighted by Gasteiger charge is -2.22. The number of carbonyl (C=O) groups excluding carboxylic acids is 1. The lowest BCUT2D eigenvalue weighted by atomic mass is 10.2. The number of thiazole rings is 1. The van der Waals surface area contributed by atoms with E-state index in [4.69, 9.17) is 21.3 Å². The van der Waals surface area contributed by atoms with E-state index in [-0.39, 0.29) is 23.2 Å². The number of ether oxygens (including phenoxy) is 1. The van der Waals surface area contributed by atoms with E-state index in [0.717, 1.165) is 11.2 Å². The SMILES string of the molecule is COc1ccc(Cl)c2sc(N(CCCN(C)C)C(=O)c3ccc(S(=O)(=O)N(C)c4ccccc4)cc3)nc12.Cl. The van der Waals surface area contributed by atoms with Crippen molar-refractivity contribution in [2.24, 2.45) is 0 Å². The van der Waals surface area contributed by atoms with Crippen molar-refractivity contribution in [3.8, 4) is 5.75 Å². The van der Waals surface area contributed by atoms with Crippen molar-refractivity contribution in [2.45, 2.75) is 11.3 Å². The third-order valence-electron chi connectivity index (χ3n) is 6.01. The highest BCUT2D eigenvalue weighted by atomic mass is 35.5. The molecule has 39 heavy (non-hydrogen) atoms. The Morgan fingerprint density at radius 2 is 1.64 bits per heavy atom. The summed E-state index contributed by atoms with van der Waals surface area (Å²) in [6.45, 7) is 1.20. The molecule has 0 aliphatic heterocycles. The second-order valence-corrected chi connectivity index (χ2v) is 12.2. The van der Waals surface area contributed by atoms with Gasteiger partial charge in [-0.1, -0.05) is 41.1 Å². The van der Waals surface area contributed by atoms with Gasteiger partial charge in [0.25, 0.3) is 15.9 Å². The molecule has 0 fully saturated rings. The standard InChI is InChI=1S/C27H29ClN4O4S2.ClH/c1-30(2)17-8-18-32(27-29-24-23(36-4)16-15-22(28)25(24)37-27)26(33)19-11-13-21(14-12-19)38(34,35)31(3)20-9-6-5-7-10-20;/h5-7,9-16H,8,17-18H2,1-4H3;1H. The maximum absolute atomic E-state index is 13.7. The van der Waals surface area contributed by atoms with Gasteiger partial charge >= 0.3 is 0 Å². The smallest absolute Gasteiger partial charge is 0.264 e. The Morgan fingerprint density at radius 3 is 2.26 bits per heavy atom. The molecule has 0 spiro atoms. The Labute approximate surface area is 244 Å². The van der Waals surface area contributed by atoms with E-state index in [2.05, 4.69) is 0 Å². The molecule has 1 amide bonds. The lowest BCUT2D eigenvalue weighted by Crippen LogP contribution is -2.33. The molecule has 1 heterocycles. The first-order chi connectivity index (χ1) is 18.1. The first kappa shape index (κ1) is 30.6. The third-order valence-corrected chi connectivity index (χ3v) is 9.35. The van der Waals surface area contributed by atoms with E-state index in [0.29, 0.717) is 45.6 Å². The van der Waals surface area contributed by atoms with Crippen LogP contribution in [0.1, 0.15) is 16.8 Å². The molecule has 208 valence electrons. The average molecular weight is 610 g/mol. The number of sulfonamides is 1. The van der Waals surface area contributed by atoms with Crippen LogP contribution in [0.5, 0.6) is 5.75 Å². The van der Waals surface area contributed by atoms with E-state index in [9.17, 15) is 13.2 Å². The molecule has 3 aromatic carbocycles. The number of anilines is 2. The monoisotopic (exact) mass is 608 g/mol. The van der Waals surface area contributed by atoms with Crippen molar-refractivity contribution in [2.75, 3.05) is 50.5 Å². The molecule has 0 atom stereocenters.